The molecular formula is C17H28N2O2. The Morgan fingerprint density at radius 1 is 1.33 bits per heavy atom. The van der Waals surface area contributed by atoms with Crippen molar-refractivity contribution >= 4 is 0 Å². The monoisotopic (exact) mass is 292 g/mol. The lowest BCUT2D eigenvalue weighted by Crippen LogP contribution is -2.48. The van der Waals surface area contributed by atoms with Gasteiger partial charge in [0.25, 0.3) is 0 Å². The van der Waals surface area contributed by atoms with E-state index in [0.29, 0.717) is 12.2 Å². The van der Waals surface area contributed by atoms with E-state index in [4.69, 9.17) is 9.47 Å². The molecule has 1 aliphatic rings. The van der Waals surface area contributed by atoms with Crippen LogP contribution in [-0.4, -0.2) is 50.9 Å². The summed E-state index contributed by atoms with van der Waals surface area (Å²) in [6.45, 7) is 9.34. The summed E-state index contributed by atoms with van der Waals surface area (Å²) in [6.07, 6.45) is 0.594. The van der Waals surface area contributed by atoms with Crippen molar-refractivity contribution in [3.05, 3.63) is 29.3 Å². The van der Waals surface area contributed by atoms with Crippen molar-refractivity contribution in [2.75, 3.05) is 33.8 Å². The highest BCUT2D eigenvalue weighted by Gasteiger charge is 2.25. The van der Waals surface area contributed by atoms with Crippen LogP contribution in [0.2, 0.25) is 0 Å². The average Bonchev–Trinajstić information content (AvgIpc) is 2.43. The molecule has 1 unspecified atom stereocenters. The number of hydrogen-bond donors (Lipinski definition) is 1. The van der Waals surface area contributed by atoms with Gasteiger partial charge in [0, 0.05) is 31.2 Å². The zero-order chi connectivity index (χ0) is 15.4. The molecule has 0 saturated carbocycles. The lowest BCUT2D eigenvalue weighted by Gasteiger charge is -2.37. The number of nitrogens with one attached hydrogen (secondary N) is 1. The Morgan fingerprint density at radius 3 is 2.57 bits per heavy atom. The van der Waals surface area contributed by atoms with Crippen LogP contribution in [0.25, 0.3) is 0 Å². The van der Waals surface area contributed by atoms with Crippen LogP contribution in [0.15, 0.2) is 18.2 Å². The first kappa shape index (κ1) is 16.3. The highest BCUT2D eigenvalue weighted by Crippen LogP contribution is 2.27. The molecule has 1 saturated heterocycles. The Balaban J connectivity index is 2.14. The zero-order valence-corrected chi connectivity index (χ0v) is 13.8. The van der Waals surface area contributed by atoms with Gasteiger partial charge in [0.1, 0.15) is 5.75 Å². The lowest BCUT2D eigenvalue weighted by atomic mass is 10.0. The molecule has 1 aromatic carbocycles. The number of likely N-dealkylation sites (N-methyl/N-ethyl adjacent to an activating group) is 1. The fourth-order valence-corrected chi connectivity index (χ4v) is 3.16. The molecule has 0 amide bonds. The molecule has 1 aliphatic heterocycles. The molecule has 118 valence electrons. The molecular weight excluding hydrogens is 264 g/mol. The van der Waals surface area contributed by atoms with Gasteiger partial charge in [-0.3, -0.25) is 4.90 Å². The predicted octanol–water partition coefficient (Wildman–Crippen LogP) is 2.37. The summed E-state index contributed by atoms with van der Waals surface area (Å²) in [6, 6.07) is 6.62. The third kappa shape index (κ3) is 4.19. The Kier molecular flexibility index (Phi) is 5.62. The first-order valence-corrected chi connectivity index (χ1v) is 7.73. The number of benzene rings is 1. The molecule has 1 heterocycles. The number of morpholine rings is 1. The number of hydrogen-bond acceptors (Lipinski definition) is 4. The molecule has 0 radical (unpaired) electrons. The van der Waals surface area contributed by atoms with Gasteiger partial charge < -0.3 is 14.8 Å². The lowest BCUT2D eigenvalue weighted by molar-refractivity contribution is -0.0698. The van der Waals surface area contributed by atoms with E-state index >= 15 is 0 Å². The van der Waals surface area contributed by atoms with E-state index in [9.17, 15) is 0 Å². The number of nitrogens with zero attached hydrogens (tertiary/aromatic N) is 1. The maximum Gasteiger partial charge on any atom is 0.123 e. The molecule has 4 nitrogen and oxygen atoms in total. The van der Waals surface area contributed by atoms with Crippen molar-refractivity contribution in [3.63, 3.8) is 0 Å². The third-order valence-electron chi connectivity index (χ3n) is 4.05. The molecule has 0 aliphatic carbocycles. The molecule has 4 heteroatoms. The van der Waals surface area contributed by atoms with Gasteiger partial charge in [0.2, 0.25) is 0 Å². The molecule has 1 aromatic rings. The second-order valence-corrected chi connectivity index (χ2v) is 6.06. The second kappa shape index (κ2) is 7.25. The van der Waals surface area contributed by atoms with E-state index in [1.807, 2.05) is 7.05 Å². The molecule has 1 N–H and O–H groups in total. The normalized spacial score (nSPS) is 24.8. The standard InChI is InChI=1S/C17H28N2O2/c1-12-6-7-17(20-5)15(8-12)16(18-4)11-19-9-13(2)21-14(3)10-19/h6-8,13-14,16,18H,9-11H2,1-5H3/t13-,14+,16?. The van der Waals surface area contributed by atoms with Gasteiger partial charge in [-0.15, -0.1) is 0 Å². The highest BCUT2D eigenvalue weighted by atomic mass is 16.5. The Labute approximate surface area is 128 Å². The van der Waals surface area contributed by atoms with Gasteiger partial charge in [-0.1, -0.05) is 17.7 Å². The van der Waals surface area contributed by atoms with E-state index in [-0.39, 0.29) is 6.04 Å². The Hall–Kier alpha value is -1.10. The maximum absolute atomic E-state index is 5.81. The van der Waals surface area contributed by atoms with Crippen LogP contribution in [-0.2, 0) is 4.74 Å². The average molecular weight is 292 g/mol. The largest absolute Gasteiger partial charge is 0.496 e. The number of methoxy groups -OCH3 is 1. The van der Waals surface area contributed by atoms with Gasteiger partial charge in [-0.25, -0.2) is 0 Å². The summed E-state index contributed by atoms with van der Waals surface area (Å²) in [5, 5.41) is 3.43. The minimum absolute atomic E-state index is 0.261. The van der Waals surface area contributed by atoms with Crippen LogP contribution in [0.3, 0.4) is 0 Å². The van der Waals surface area contributed by atoms with Crippen molar-refractivity contribution in [2.45, 2.75) is 39.0 Å². The fourth-order valence-electron chi connectivity index (χ4n) is 3.16. The smallest absolute Gasteiger partial charge is 0.123 e. The van der Waals surface area contributed by atoms with Crippen molar-refractivity contribution < 1.29 is 9.47 Å². The van der Waals surface area contributed by atoms with Crippen molar-refractivity contribution in [3.8, 4) is 5.75 Å². The molecule has 3 atom stereocenters. The second-order valence-electron chi connectivity index (χ2n) is 6.06. The van der Waals surface area contributed by atoms with E-state index in [2.05, 4.69) is 49.2 Å². The van der Waals surface area contributed by atoms with Crippen molar-refractivity contribution in [1.82, 2.24) is 10.2 Å². The van der Waals surface area contributed by atoms with Crippen LogP contribution in [0.1, 0.15) is 31.0 Å². The van der Waals surface area contributed by atoms with Gasteiger partial charge in [0.05, 0.1) is 19.3 Å². The summed E-state index contributed by atoms with van der Waals surface area (Å²) < 4.78 is 11.3. The minimum Gasteiger partial charge on any atom is -0.496 e. The molecule has 2 rings (SSSR count). The van der Waals surface area contributed by atoms with Crippen LogP contribution in [0.5, 0.6) is 5.75 Å². The number of rotatable bonds is 5. The Bertz CT molecular complexity index is 454. The summed E-state index contributed by atoms with van der Waals surface area (Å²) in [5.41, 5.74) is 2.49. The topological polar surface area (TPSA) is 33.7 Å². The first-order chi connectivity index (χ1) is 10.0. The molecule has 0 bridgehead atoms. The predicted molar refractivity (Wildman–Crippen MR) is 86.0 cm³/mol. The molecule has 1 fully saturated rings. The highest BCUT2D eigenvalue weighted by molar-refractivity contribution is 5.39. The Morgan fingerprint density at radius 2 is 2.00 bits per heavy atom. The quantitative estimate of drug-likeness (QED) is 0.903. The van der Waals surface area contributed by atoms with E-state index in [1.54, 1.807) is 7.11 Å². The van der Waals surface area contributed by atoms with Gasteiger partial charge >= 0.3 is 0 Å². The minimum atomic E-state index is 0.261. The summed E-state index contributed by atoms with van der Waals surface area (Å²) in [7, 11) is 3.75. The number of aryl methyl sites for hydroxylation is 1. The summed E-state index contributed by atoms with van der Waals surface area (Å²) in [4.78, 5) is 2.47. The summed E-state index contributed by atoms with van der Waals surface area (Å²) >= 11 is 0. The SMILES string of the molecule is CNC(CN1C[C@@H](C)O[C@@H](C)C1)c1cc(C)ccc1OC. The molecule has 0 spiro atoms. The number of ether oxygens (including phenoxy) is 2. The summed E-state index contributed by atoms with van der Waals surface area (Å²) in [5.74, 6) is 0.953. The van der Waals surface area contributed by atoms with E-state index < -0.39 is 0 Å². The van der Waals surface area contributed by atoms with Crippen LogP contribution in [0, 0.1) is 6.92 Å². The molecule has 0 aromatic heterocycles. The van der Waals surface area contributed by atoms with Crippen LogP contribution < -0.4 is 10.1 Å². The van der Waals surface area contributed by atoms with Gasteiger partial charge in [0.15, 0.2) is 0 Å². The van der Waals surface area contributed by atoms with Crippen molar-refractivity contribution in [1.29, 1.82) is 0 Å². The maximum atomic E-state index is 5.81. The molecule has 21 heavy (non-hydrogen) atoms. The van der Waals surface area contributed by atoms with Gasteiger partial charge in [-0.2, -0.15) is 0 Å². The van der Waals surface area contributed by atoms with Crippen LogP contribution >= 0.6 is 0 Å². The van der Waals surface area contributed by atoms with E-state index in [1.165, 1.54) is 11.1 Å². The zero-order valence-electron chi connectivity index (χ0n) is 13.8. The fraction of sp³-hybridized carbons (Fsp3) is 0.647. The van der Waals surface area contributed by atoms with Crippen molar-refractivity contribution in [2.24, 2.45) is 0 Å². The van der Waals surface area contributed by atoms with Crippen LogP contribution in [0.4, 0.5) is 0 Å². The first-order valence-electron chi connectivity index (χ1n) is 7.73. The third-order valence-corrected chi connectivity index (χ3v) is 4.05. The van der Waals surface area contributed by atoms with Gasteiger partial charge in [-0.05, 0) is 33.9 Å². The van der Waals surface area contributed by atoms with E-state index in [0.717, 1.165) is 25.4 Å².